The van der Waals surface area contributed by atoms with Crippen molar-refractivity contribution >= 4 is 0 Å². The molecule has 1 aromatic rings. The van der Waals surface area contributed by atoms with Crippen molar-refractivity contribution in [2.45, 2.75) is 5.79 Å². The summed E-state index contributed by atoms with van der Waals surface area (Å²) < 4.78 is 18.9. The van der Waals surface area contributed by atoms with E-state index in [1.165, 1.54) is 12.1 Å². The highest BCUT2D eigenvalue weighted by Crippen LogP contribution is 2.29. The third-order valence-electron chi connectivity index (χ3n) is 2.98. The largest absolute Gasteiger partial charge is 0.357 e. The highest BCUT2D eigenvalue weighted by atomic mass is 19.1. The Balaban J connectivity index is 2.27. The molecule has 88 valence electrons. The van der Waals surface area contributed by atoms with Crippen molar-refractivity contribution in [1.82, 2.24) is 0 Å². The maximum atomic E-state index is 12.8. The molecular formula is C12H17FNO2+. The van der Waals surface area contributed by atoms with Crippen molar-refractivity contribution in [2.75, 3.05) is 33.8 Å². The minimum atomic E-state index is -1.30. The lowest BCUT2D eigenvalue weighted by Crippen LogP contribution is -2.57. The molecule has 1 aliphatic rings. The van der Waals surface area contributed by atoms with E-state index in [0.29, 0.717) is 23.2 Å². The van der Waals surface area contributed by atoms with Crippen molar-refractivity contribution in [1.29, 1.82) is 0 Å². The van der Waals surface area contributed by atoms with E-state index in [4.69, 9.17) is 4.74 Å². The molecule has 4 heteroatoms. The summed E-state index contributed by atoms with van der Waals surface area (Å²) in [6.07, 6.45) is 0. The minimum Gasteiger partial charge on any atom is -0.357 e. The molecule has 1 heterocycles. The Bertz CT molecular complexity index is 377. The number of nitrogens with zero attached hydrogens (tertiary/aromatic N) is 1. The predicted molar refractivity (Wildman–Crippen MR) is 58.1 cm³/mol. The van der Waals surface area contributed by atoms with Gasteiger partial charge in [0.25, 0.3) is 0 Å². The molecule has 3 nitrogen and oxygen atoms in total. The maximum absolute atomic E-state index is 12.8. The van der Waals surface area contributed by atoms with Gasteiger partial charge in [0.05, 0.1) is 20.7 Å². The summed E-state index contributed by atoms with van der Waals surface area (Å²) in [7, 11) is 4.08. The predicted octanol–water partition coefficient (Wildman–Crippen LogP) is 1.08. The minimum absolute atomic E-state index is 0.308. The molecule has 0 spiro atoms. The number of quaternary nitrogens is 1. The number of aliphatic hydroxyl groups is 1. The monoisotopic (exact) mass is 226 g/mol. The quantitative estimate of drug-likeness (QED) is 0.726. The van der Waals surface area contributed by atoms with Crippen LogP contribution in [0.1, 0.15) is 5.56 Å². The molecule has 0 aliphatic carbocycles. The third-order valence-corrected chi connectivity index (χ3v) is 2.98. The molecule has 16 heavy (non-hydrogen) atoms. The summed E-state index contributed by atoms with van der Waals surface area (Å²) in [6, 6.07) is 5.82. The van der Waals surface area contributed by atoms with Gasteiger partial charge < -0.3 is 14.3 Å². The van der Waals surface area contributed by atoms with E-state index in [2.05, 4.69) is 0 Å². The van der Waals surface area contributed by atoms with Crippen LogP contribution in [-0.4, -0.2) is 43.4 Å². The van der Waals surface area contributed by atoms with Crippen molar-refractivity contribution in [3.63, 3.8) is 0 Å². The van der Waals surface area contributed by atoms with Crippen LogP contribution >= 0.6 is 0 Å². The fourth-order valence-electron chi connectivity index (χ4n) is 2.05. The maximum Gasteiger partial charge on any atom is 0.243 e. The van der Waals surface area contributed by atoms with Crippen molar-refractivity contribution in [3.8, 4) is 0 Å². The number of rotatable bonds is 1. The van der Waals surface area contributed by atoms with E-state index >= 15 is 0 Å². The van der Waals surface area contributed by atoms with Crippen LogP contribution in [-0.2, 0) is 10.5 Å². The molecule has 2 rings (SSSR count). The summed E-state index contributed by atoms with van der Waals surface area (Å²) in [5, 5.41) is 10.4. The summed E-state index contributed by atoms with van der Waals surface area (Å²) in [5.41, 5.74) is 0.611. The zero-order chi connectivity index (χ0) is 11.8. The summed E-state index contributed by atoms with van der Waals surface area (Å²) in [4.78, 5) is 0. The van der Waals surface area contributed by atoms with Crippen LogP contribution in [0.2, 0.25) is 0 Å². The lowest BCUT2D eigenvalue weighted by atomic mass is 10.0. The van der Waals surface area contributed by atoms with E-state index in [1.807, 2.05) is 14.1 Å². The summed E-state index contributed by atoms with van der Waals surface area (Å²) in [6.45, 7) is 1.84. The Morgan fingerprint density at radius 1 is 1.31 bits per heavy atom. The average Bonchev–Trinajstić information content (AvgIpc) is 2.16. The van der Waals surface area contributed by atoms with Gasteiger partial charge in [-0.25, -0.2) is 4.39 Å². The first kappa shape index (κ1) is 11.5. The van der Waals surface area contributed by atoms with Crippen LogP contribution in [0.5, 0.6) is 0 Å². The smallest absolute Gasteiger partial charge is 0.243 e. The van der Waals surface area contributed by atoms with Gasteiger partial charge in [-0.15, -0.1) is 0 Å². The summed E-state index contributed by atoms with van der Waals surface area (Å²) in [5.74, 6) is -1.60. The van der Waals surface area contributed by atoms with Crippen LogP contribution in [0.15, 0.2) is 24.3 Å². The fraction of sp³-hybridized carbons (Fsp3) is 0.500. The number of hydrogen-bond acceptors (Lipinski definition) is 2. The van der Waals surface area contributed by atoms with Gasteiger partial charge in [0.2, 0.25) is 5.79 Å². The lowest BCUT2D eigenvalue weighted by Gasteiger charge is -2.42. The summed E-state index contributed by atoms with van der Waals surface area (Å²) >= 11 is 0. The van der Waals surface area contributed by atoms with Gasteiger partial charge in [-0.2, -0.15) is 0 Å². The molecule has 0 unspecified atom stereocenters. The van der Waals surface area contributed by atoms with Crippen molar-refractivity contribution < 1.29 is 18.7 Å². The second kappa shape index (κ2) is 3.80. The first-order chi connectivity index (χ1) is 7.41. The van der Waals surface area contributed by atoms with Crippen molar-refractivity contribution in [2.24, 2.45) is 0 Å². The molecule has 1 aliphatic heterocycles. The average molecular weight is 226 g/mol. The van der Waals surface area contributed by atoms with Crippen LogP contribution in [0.25, 0.3) is 0 Å². The number of ether oxygens (including phenoxy) is 1. The van der Waals surface area contributed by atoms with Crippen LogP contribution in [0, 0.1) is 5.82 Å². The van der Waals surface area contributed by atoms with Gasteiger partial charge in [-0.3, -0.25) is 0 Å². The van der Waals surface area contributed by atoms with Gasteiger partial charge in [-0.1, -0.05) is 12.1 Å². The standard InChI is InChI=1S/C12H17FNO2/c1-14(2)7-8-16-12(15,9-14)10-3-5-11(13)6-4-10/h3-6,15H,7-9H2,1-2H3/q+1/t12-/m0/s1. The number of benzene rings is 1. The van der Waals surface area contributed by atoms with Gasteiger partial charge in [0, 0.05) is 5.56 Å². The van der Waals surface area contributed by atoms with Crippen LogP contribution in [0.3, 0.4) is 0 Å². The van der Waals surface area contributed by atoms with E-state index in [9.17, 15) is 9.50 Å². The normalized spacial score (nSPS) is 29.0. The first-order valence-electron chi connectivity index (χ1n) is 5.36. The Morgan fingerprint density at radius 2 is 1.94 bits per heavy atom. The first-order valence-corrected chi connectivity index (χ1v) is 5.36. The molecule has 1 atom stereocenters. The SMILES string of the molecule is C[N+]1(C)CCO[C@](O)(c2ccc(F)cc2)C1. The molecular weight excluding hydrogens is 209 g/mol. The molecule has 0 amide bonds. The second-order valence-electron chi connectivity index (χ2n) is 4.96. The van der Waals surface area contributed by atoms with Crippen molar-refractivity contribution in [3.05, 3.63) is 35.6 Å². The van der Waals surface area contributed by atoms with Crippen LogP contribution < -0.4 is 0 Å². The fourth-order valence-corrected chi connectivity index (χ4v) is 2.05. The molecule has 0 bridgehead atoms. The van der Waals surface area contributed by atoms with Gasteiger partial charge >= 0.3 is 0 Å². The number of hydrogen-bond donors (Lipinski definition) is 1. The highest BCUT2D eigenvalue weighted by Gasteiger charge is 2.42. The van der Waals surface area contributed by atoms with Gasteiger partial charge in [0.15, 0.2) is 0 Å². The number of halogens is 1. The van der Waals surface area contributed by atoms with E-state index in [1.54, 1.807) is 12.1 Å². The number of morpholine rings is 1. The molecule has 1 N–H and O–H groups in total. The topological polar surface area (TPSA) is 29.5 Å². The number of likely N-dealkylation sites (N-methyl/N-ethyl adjacent to an activating group) is 1. The third kappa shape index (κ3) is 2.24. The van der Waals surface area contributed by atoms with E-state index in [-0.39, 0.29) is 5.82 Å². The molecule has 0 saturated carbocycles. The highest BCUT2D eigenvalue weighted by molar-refractivity contribution is 5.21. The molecule has 1 aromatic carbocycles. The zero-order valence-electron chi connectivity index (χ0n) is 9.61. The van der Waals surface area contributed by atoms with E-state index in [0.717, 1.165) is 6.54 Å². The lowest BCUT2D eigenvalue weighted by molar-refractivity contribution is -0.912. The Labute approximate surface area is 94.7 Å². The van der Waals surface area contributed by atoms with Gasteiger partial charge in [0.1, 0.15) is 18.9 Å². The van der Waals surface area contributed by atoms with Gasteiger partial charge in [-0.05, 0) is 12.1 Å². The molecule has 1 fully saturated rings. The zero-order valence-corrected chi connectivity index (χ0v) is 9.61. The van der Waals surface area contributed by atoms with Crippen LogP contribution in [0.4, 0.5) is 4.39 Å². The molecule has 1 saturated heterocycles. The van der Waals surface area contributed by atoms with E-state index < -0.39 is 5.79 Å². The molecule has 0 radical (unpaired) electrons. The Hall–Kier alpha value is -0.970. The second-order valence-corrected chi connectivity index (χ2v) is 4.96. The Morgan fingerprint density at radius 3 is 2.50 bits per heavy atom. The molecule has 0 aromatic heterocycles. The Kier molecular flexibility index (Phi) is 2.74.